The third-order valence-corrected chi connectivity index (χ3v) is 6.59. The molecule has 0 aliphatic heterocycles. The normalized spacial score (nSPS) is 11.1. The van der Waals surface area contributed by atoms with E-state index in [-0.39, 0.29) is 12.2 Å². The third kappa shape index (κ3) is 5.98. The second-order valence-electron chi connectivity index (χ2n) is 8.03. The SMILES string of the molecule is COc1cc(NC(=O)/C(C#N)=C/c2c(OCc3ccc(Cl)cc3Cl)ccc3ccccc23)c(OC)cc1Cl. The zero-order valence-corrected chi connectivity index (χ0v) is 22.6. The number of ether oxygens (including phenoxy) is 3. The maximum Gasteiger partial charge on any atom is 0.266 e. The minimum atomic E-state index is -0.644. The van der Waals surface area contributed by atoms with Crippen LogP contribution in [0.1, 0.15) is 11.1 Å². The molecular weight excluding hydrogens is 547 g/mol. The molecule has 0 aromatic heterocycles. The molecule has 38 heavy (non-hydrogen) atoms. The molecule has 0 heterocycles. The average Bonchev–Trinajstić information content (AvgIpc) is 2.92. The number of carbonyl (C=O) groups is 1. The molecule has 4 rings (SSSR count). The first-order valence-electron chi connectivity index (χ1n) is 11.3. The molecule has 0 unspecified atom stereocenters. The second-order valence-corrected chi connectivity index (χ2v) is 9.28. The van der Waals surface area contributed by atoms with Gasteiger partial charge in [-0.05, 0) is 35.0 Å². The van der Waals surface area contributed by atoms with Crippen molar-refractivity contribution < 1.29 is 19.0 Å². The Morgan fingerprint density at radius 2 is 1.68 bits per heavy atom. The minimum Gasteiger partial charge on any atom is -0.495 e. The van der Waals surface area contributed by atoms with Gasteiger partial charge >= 0.3 is 0 Å². The fourth-order valence-electron chi connectivity index (χ4n) is 3.79. The van der Waals surface area contributed by atoms with Crippen LogP contribution < -0.4 is 19.5 Å². The van der Waals surface area contributed by atoms with E-state index in [0.29, 0.717) is 43.6 Å². The summed E-state index contributed by atoms with van der Waals surface area (Å²) in [5, 5.41) is 15.7. The summed E-state index contributed by atoms with van der Waals surface area (Å²) in [5.74, 6) is 0.488. The smallest absolute Gasteiger partial charge is 0.266 e. The van der Waals surface area contributed by atoms with Crippen LogP contribution in [0.3, 0.4) is 0 Å². The number of benzene rings is 4. The Labute approximate surface area is 234 Å². The number of rotatable bonds is 8. The first-order valence-corrected chi connectivity index (χ1v) is 12.4. The highest BCUT2D eigenvalue weighted by atomic mass is 35.5. The topological polar surface area (TPSA) is 80.6 Å². The van der Waals surface area contributed by atoms with E-state index in [1.807, 2.05) is 36.4 Å². The van der Waals surface area contributed by atoms with Crippen LogP contribution in [0.2, 0.25) is 15.1 Å². The van der Waals surface area contributed by atoms with Gasteiger partial charge < -0.3 is 19.5 Å². The van der Waals surface area contributed by atoms with Gasteiger partial charge in [0.2, 0.25) is 0 Å². The van der Waals surface area contributed by atoms with Crippen LogP contribution in [-0.4, -0.2) is 20.1 Å². The summed E-state index contributed by atoms with van der Waals surface area (Å²) in [4.78, 5) is 13.2. The van der Waals surface area contributed by atoms with Gasteiger partial charge in [0.25, 0.3) is 5.91 Å². The summed E-state index contributed by atoms with van der Waals surface area (Å²) >= 11 is 18.5. The molecule has 4 aromatic rings. The van der Waals surface area contributed by atoms with Gasteiger partial charge in [-0.1, -0.05) is 71.2 Å². The van der Waals surface area contributed by atoms with E-state index in [9.17, 15) is 10.1 Å². The van der Waals surface area contributed by atoms with Crippen molar-refractivity contribution in [2.45, 2.75) is 6.61 Å². The van der Waals surface area contributed by atoms with Gasteiger partial charge in [0, 0.05) is 33.3 Å². The summed E-state index contributed by atoms with van der Waals surface area (Å²) in [6, 6.07) is 21.5. The van der Waals surface area contributed by atoms with Crippen LogP contribution in [0.25, 0.3) is 16.8 Å². The van der Waals surface area contributed by atoms with E-state index in [1.165, 1.54) is 32.4 Å². The summed E-state index contributed by atoms with van der Waals surface area (Å²) in [6.45, 7) is 0.158. The molecule has 0 saturated heterocycles. The molecule has 0 aliphatic rings. The zero-order valence-electron chi connectivity index (χ0n) is 20.3. The standard InChI is InChI=1S/C29H21Cl3N2O4/c1-36-27-14-25(28(37-2)13-24(27)32)34-29(35)19(15-33)11-22-21-6-4-3-5-17(21)8-10-26(22)38-16-18-7-9-20(30)12-23(18)31/h3-14H,16H2,1-2H3,(H,34,35)/b19-11+. The lowest BCUT2D eigenvalue weighted by molar-refractivity contribution is -0.112. The number of anilines is 1. The first-order chi connectivity index (χ1) is 18.3. The summed E-state index contributed by atoms with van der Waals surface area (Å²) in [5.41, 5.74) is 1.46. The van der Waals surface area contributed by atoms with Crippen molar-refractivity contribution in [2.24, 2.45) is 0 Å². The minimum absolute atomic E-state index is 0.147. The van der Waals surface area contributed by atoms with E-state index in [0.717, 1.165) is 16.3 Å². The molecule has 9 heteroatoms. The van der Waals surface area contributed by atoms with Crippen molar-refractivity contribution in [1.29, 1.82) is 5.26 Å². The Kier molecular flexibility index (Phi) is 8.65. The number of hydrogen-bond donors (Lipinski definition) is 1. The second kappa shape index (κ2) is 12.1. The molecule has 0 atom stereocenters. The molecule has 0 fully saturated rings. The molecule has 6 nitrogen and oxygen atoms in total. The lowest BCUT2D eigenvalue weighted by atomic mass is 10.0. The maximum atomic E-state index is 13.2. The number of nitrogens with zero attached hydrogens (tertiary/aromatic N) is 1. The van der Waals surface area contributed by atoms with Crippen molar-refractivity contribution in [2.75, 3.05) is 19.5 Å². The molecule has 0 spiro atoms. The van der Waals surface area contributed by atoms with E-state index in [4.69, 9.17) is 49.0 Å². The van der Waals surface area contributed by atoms with E-state index >= 15 is 0 Å². The zero-order chi connectivity index (χ0) is 27.2. The number of fused-ring (bicyclic) bond motifs is 1. The quantitative estimate of drug-likeness (QED) is 0.173. The summed E-state index contributed by atoms with van der Waals surface area (Å²) in [7, 11) is 2.90. The number of hydrogen-bond acceptors (Lipinski definition) is 5. The van der Waals surface area contributed by atoms with Gasteiger partial charge in [-0.3, -0.25) is 4.79 Å². The van der Waals surface area contributed by atoms with Gasteiger partial charge in [0.05, 0.1) is 24.9 Å². The number of nitrogens with one attached hydrogen (secondary N) is 1. The Balaban J connectivity index is 1.72. The van der Waals surface area contributed by atoms with E-state index in [1.54, 1.807) is 24.3 Å². The average molecular weight is 568 g/mol. The Bertz CT molecular complexity index is 1600. The number of nitriles is 1. The fourth-order valence-corrected chi connectivity index (χ4v) is 4.48. The molecule has 4 aromatic carbocycles. The highest BCUT2D eigenvalue weighted by Gasteiger charge is 2.17. The van der Waals surface area contributed by atoms with E-state index < -0.39 is 5.91 Å². The van der Waals surface area contributed by atoms with Crippen LogP contribution in [0, 0.1) is 11.3 Å². The predicted molar refractivity (Wildman–Crippen MR) is 152 cm³/mol. The van der Waals surface area contributed by atoms with Crippen LogP contribution in [0.4, 0.5) is 5.69 Å². The molecule has 1 amide bonds. The Morgan fingerprint density at radius 1 is 0.921 bits per heavy atom. The molecular formula is C29H21Cl3N2O4. The highest BCUT2D eigenvalue weighted by molar-refractivity contribution is 6.35. The molecule has 192 valence electrons. The van der Waals surface area contributed by atoms with Gasteiger partial charge in [0.15, 0.2) is 0 Å². The summed E-state index contributed by atoms with van der Waals surface area (Å²) in [6.07, 6.45) is 1.50. The molecule has 1 N–H and O–H groups in total. The number of amides is 1. The lowest BCUT2D eigenvalue weighted by Crippen LogP contribution is -2.14. The first kappa shape index (κ1) is 27.2. The number of methoxy groups -OCH3 is 2. The van der Waals surface area contributed by atoms with E-state index in [2.05, 4.69) is 5.32 Å². The number of carbonyl (C=O) groups excluding carboxylic acids is 1. The summed E-state index contributed by atoms with van der Waals surface area (Å²) < 4.78 is 16.7. The predicted octanol–water partition coefficient (Wildman–Crippen LogP) is 7.94. The van der Waals surface area contributed by atoms with Crippen LogP contribution in [-0.2, 0) is 11.4 Å². The maximum absolute atomic E-state index is 13.2. The molecule has 0 radical (unpaired) electrons. The van der Waals surface area contributed by atoms with Crippen molar-refractivity contribution in [3.8, 4) is 23.3 Å². The van der Waals surface area contributed by atoms with Gasteiger partial charge in [-0.2, -0.15) is 5.26 Å². The lowest BCUT2D eigenvalue weighted by Gasteiger charge is -2.14. The fraction of sp³-hybridized carbons (Fsp3) is 0.103. The van der Waals surface area contributed by atoms with Crippen LogP contribution in [0.15, 0.2) is 72.3 Å². The molecule has 0 saturated carbocycles. The van der Waals surface area contributed by atoms with Crippen LogP contribution in [0.5, 0.6) is 17.2 Å². The van der Waals surface area contributed by atoms with Crippen molar-refractivity contribution in [1.82, 2.24) is 0 Å². The van der Waals surface area contributed by atoms with Crippen LogP contribution >= 0.6 is 34.8 Å². The van der Waals surface area contributed by atoms with Crippen molar-refractivity contribution in [3.63, 3.8) is 0 Å². The van der Waals surface area contributed by atoms with Gasteiger partial charge in [-0.25, -0.2) is 0 Å². The molecule has 0 aliphatic carbocycles. The monoisotopic (exact) mass is 566 g/mol. The van der Waals surface area contributed by atoms with Gasteiger partial charge in [-0.15, -0.1) is 0 Å². The number of halogens is 3. The Hall–Kier alpha value is -3.89. The largest absolute Gasteiger partial charge is 0.495 e. The highest BCUT2D eigenvalue weighted by Crippen LogP contribution is 2.36. The van der Waals surface area contributed by atoms with Crippen molar-refractivity contribution in [3.05, 3.63) is 98.5 Å². The molecule has 0 bridgehead atoms. The van der Waals surface area contributed by atoms with Gasteiger partial charge in [0.1, 0.15) is 35.5 Å². The van der Waals surface area contributed by atoms with Crippen molar-refractivity contribution >= 4 is 63.2 Å². The third-order valence-electron chi connectivity index (χ3n) is 5.70. The Morgan fingerprint density at radius 3 is 2.39 bits per heavy atom.